The molecule has 1 saturated heterocycles. The van der Waals surface area contributed by atoms with Crippen LogP contribution in [0.1, 0.15) is 76.4 Å². The van der Waals surface area contributed by atoms with E-state index in [0.29, 0.717) is 17.9 Å². The molecule has 27 heavy (non-hydrogen) atoms. The maximum absolute atomic E-state index is 11.2. The molecule has 0 spiro atoms. The van der Waals surface area contributed by atoms with Crippen LogP contribution in [-0.4, -0.2) is 23.5 Å². The minimum atomic E-state index is -0.734. The van der Waals surface area contributed by atoms with Crippen molar-refractivity contribution in [3.05, 3.63) is 33.9 Å². The van der Waals surface area contributed by atoms with Gasteiger partial charge in [-0.3, -0.25) is 14.9 Å². The van der Waals surface area contributed by atoms with Crippen molar-refractivity contribution in [1.82, 2.24) is 0 Å². The molecule has 1 aromatic rings. The van der Waals surface area contributed by atoms with E-state index in [2.05, 4.69) is 6.92 Å². The van der Waals surface area contributed by atoms with E-state index in [4.69, 9.17) is 15.2 Å². The van der Waals surface area contributed by atoms with Gasteiger partial charge in [0.25, 0.3) is 5.69 Å². The Bertz CT molecular complexity index is 635. The fraction of sp³-hybridized carbons (Fsp3) is 0.650. The third kappa shape index (κ3) is 6.82. The Balaban J connectivity index is 1.75. The first kappa shape index (κ1) is 21.2. The van der Waals surface area contributed by atoms with Gasteiger partial charge in [0.05, 0.1) is 11.5 Å². The van der Waals surface area contributed by atoms with E-state index in [-0.39, 0.29) is 5.69 Å². The molecule has 1 heterocycles. The molecule has 0 aliphatic carbocycles. The molecular formula is C20H30N2O5. The van der Waals surface area contributed by atoms with Gasteiger partial charge in [-0.15, -0.1) is 0 Å². The van der Waals surface area contributed by atoms with Crippen LogP contribution in [0.2, 0.25) is 0 Å². The van der Waals surface area contributed by atoms with Gasteiger partial charge >= 0.3 is 0 Å². The number of hydrogen-bond acceptors (Lipinski definition) is 5. The summed E-state index contributed by atoms with van der Waals surface area (Å²) in [6.45, 7) is 2.76. The monoisotopic (exact) mass is 378 g/mol. The summed E-state index contributed by atoms with van der Waals surface area (Å²) in [6.07, 6.45) is 9.72. The van der Waals surface area contributed by atoms with Gasteiger partial charge in [-0.2, -0.15) is 0 Å². The molecule has 2 unspecified atom stereocenters. The second kappa shape index (κ2) is 10.9. The molecule has 2 rings (SSSR count). The number of epoxide rings is 1. The van der Waals surface area contributed by atoms with Crippen molar-refractivity contribution in [1.29, 1.82) is 0 Å². The van der Waals surface area contributed by atoms with E-state index in [1.54, 1.807) is 6.07 Å². The zero-order chi connectivity index (χ0) is 19.6. The Morgan fingerprint density at radius 2 is 1.78 bits per heavy atom. The molecule has 2 N–H and O–H groups in total. The van der Waals surface area contributed by atoms with Crippen molar-refractivity contribution in [2.45, 2.75) is 76.9 Å². The molecule has 1 amide bonds. The summed E-state index contributed by atoms with van der Waals surface area (Å²) in [4.78, 5) is 21.8. The number of benzene rings is 1. The lowest BCUT2D eigenvalue weighted by molar-refractivity contribution is -0.385. The number of primary amides is 1. The van der Waals surface area contributed by atoms with Crippen LogP contribution in [0.25, 0.3) is 0 Å². The van der Waals surface area contributed by atoms with Gasteiger partial charge in [0.15, 0.2) is 6.10 Å². The molecule has 1 fully saturated rings. The van der Waals surface area contributed by atoms with Crippen molar-refractivity contribution < 1.29 is 19.2 Å². The van der Waals surface area contributed by atoms with Gasteiger partial charge in [-0.05, 0) is 12.5 Å². The summed E-state index contributed by atoms with van der Waals surface area (Å²) >= 11 is 0. The maximum Gasteiger partial charge on any atom is 0.270 e. The first-order valence-corrected chi connectivity index (χ1v) is 9.90. The van der Waals surface area contributed by atoms with Crippen LogP contribution in [0.15, 0.2) is 18.2 Å². The zero-order valence-corrected chi connectivity index (χ0v) is 16.0. The summed E-state index contributed by atoms with van der Waals surface area (Å²) in [5.74, 6) is -0.0506. The highest BCUT2D eigenvalue weighted by molar-refractivity contribution is 5.82. The van der Waals surface area contributed by atoms with Crippen LogP contribution in [0.3, 0.4) is 0 Å². The van der Waals surface area contributed by atoms with Gasteiger partial charge in [0.2, 0.25) is 5.91 Å². The van der Waals surface area contributed by atoms with Crippen molar-refractivity contribution in [2.75, 3.05) is 6.61 Å². The van der Waals surface area contributed by atoms with Crippen LogP contribution in [0, 0.1) is 10.1 Å². The number of rotatable bonds is 14. The van der Waals surface area contributed by atoms with Crippen LogP contribution in [-0.2, 0) is 9.53 Å². The predicted octanol–water partition coefficient (Wildman–Crippen LogP) is 4.43. The number of carbonyl (C=O) groups is 1. The highest BCUT2D eigenvalue weighted by Crippen LogP contribution is 2.44. The van der Waals surface area contributed by atoms with E-state index in [1.807, 2.05) is 0 Å². The quantitative estimate of drug-likeness (QED) is 0.223. The van der Waals surface area contributed by atoms with Crippen molar-refractivity contribution in [3.63, 3.8) is 0 Å². The SMILES string of the molecule is CCCCCCCCCCCOc1ccc([N+](=O)[O-])cc1C1OC1C(N)=O. The zero-order valence-electron chi connectivity index (χ0n) is 16.0. The number of non-ortho nitro benzene ring substituents is 1. The Morgan fingerprint density at radius 1 is 1.15 bits per heavy atom. The Morgan fingerprint density at radius 3 is 2.33 bits per heavy atom. The van der Waals surface area contributed by atoms with E-state index >= 15 is 0 Å². The number of nitro benzene ring substituents is 1. The minimum Gasteiger partial charge on any atom is -0.493 e. The number of amides is 1. The lowest BCUT2D eigenvalue weighted by Crippen LogP contribution is -2.18. The smallest absolute Gasteiger partial charge is 0.270 e. The third-order valence-corrected chi connectivity index (χ3v) is 4.79. The van der Waals surface area contributed by atoms with E-state index < -0.39 is 23.0 Å². The normalized spacial score (nSPS) is 18.3. The summed E-state index contributed by atoms with van der Waals surface area (Å²) in [5, 5.41) is 11.0. The molecule has 0 aromatic heterocycles. The molecule has 150 valence electrons. The van der Waals surface area contributed by atoms with Crippen LogP contribution >= 0.6 is 0 Å². The van der Waals surface area contributed by atoms with Crippen molar-refractivity contribution in [2.24, 2.45) is 5.73 Å². The van der Waals surface area contributed by atoms with Crippen LogP contribution < -0.4 is 10.5 Å². The number of carbonyl (C=O) groups excluding carboxylic acids is 1. The lowest BCUT2D eigenvalue weighted by atomic mass is 10.1. The molecule has 0 saturated carbocycles. The average molecular weight is 378 g/mol. The fourth-order valence-electron chi connectivity index (χ4n) is 3.16. The van der Waals surface area contributed by atoms with Gasteiger partial charge in [0, 0.05) is 17.7 Å². The number of nitrogens with two attached hydrogens (primary N) is 1. The number of unbranched alkanes of at least 4 members (excludes halogenated alkanes) is 8. The van der Waals surface area contributed by atoms with Gasteiger partial charge < -0.3 is 15.2 Å². The minimum absolute atomic E-state index is 0.0563. The molecule has 2 atom stereocenters. The first-order valence-electron chi connectivity index (χ1n) is 9.90. The second-order valence-electron chi connectivity index (χ2n) is 7.04. The largest absolute Gasteiger partial charge is 0.493 e. The first-order chi connectivity index (χ1) is 13.0. The average Bonchev–Trinajstić information content (AvgIpc) is 3.44. The number of ether oxygens (including phenoxy) is 2. The summed E-state index contributed by atoms with van der Waals surface area (Å²) in [7, 11) is 0. The Labute approximate surface area is 160 Å². The Hall–Kier alpha value is -2.15. The van der Waals surface area contributed by atoms with E-state index in [0.717, 1.165) is 12.8 Å². The fourth-order valence-corrected chi connectivity index (χ4v) is 3.16. The molecule has 1 aliphatic rings. The van der Waals surface area contributed by atoms with Gasteiger partial charge in [-0.25, -0.2) is 0 Å². The summed E-state index contributed by atoms with van der Waals surface area (Å²) in [5.41, 5.74) is 5.70. The number of nitrogens with zero attached hydrogens (tertiary/aromatic N) is 1. The predicted molar refractivity (Wildman–Crippen MR) is 103 cm³/mol. The second-order valence-corrected chi connectivity index (χ2v) is 7.04. The highest BCUT2D eigenvalue weighted by Gasteiger charge is 2.47. The van der Waals surface area contributed by atoms with Crippen molar-refractivity contribution in [3.8, 4) is 5.75 Å². The molecule has 1 aliphatic heterocycles. The number of hydrogen-bond donors (Lipinski definition) is 1. The van der Waals surface area contributed by atoms with Crippen LogP contribution in [0.4, 0.5) is 5.69 Å². The third-order valence-electron chi connectivity index (χ3n) is 4.79. The molecule has 0 radical (unpaired) electrons. The number of nitro groups is 1. The Kier molecular flexibility index (Phi) is 8.51. The standard InChI is InChI=1S/C20H30N2O5/c1-2-3-4-5-6-7-8-9-10-13-26-17-12-11-15(22(24)25)14-16(17)18-19(27-18)20(21)23/h11-12,14,18-19H,2-10,13H2,1H3,(H2,21,23). The lowest BCUT2D eigenvalue weighted by Gasteiger charge is -2.10. The van der Waals surface area contributed by atoms with E-state index in [1.165, 1.54) is 57.1 Å². The van der Waals surface area contributed by atoms with Gasteiger partial charge in [-0.1, -0.05) is 58.3 Å². The van der Waals surface area contributed by atoms with Crippen LogP contribution in [0.5, 0.6) is 5.75 Å². The topological polar surface area (TPSA) is 108 Å². The van der Waals surface area contributed by atoms with Crippen molar-refractivity contribution >= 4 is 11.6 Å². The summed E-state index contributed by atoms with van der Waals surface area (Å²) < 4.78 is 11.1. The highest BCUT2D eigenvalue weighted by atomic mass is 16.6. The molecule has 1 aromatic carbocycles. The molecular weight excluding hydrogens is 348 g/mol. The summed E-state index contributed by atoms with van der Waals surface area (Å²) in [6, 6.07) is 4.37. The molecule has 0 bridgehead atoms. The molecule has 7 heteroatoms. The maximum atomic E-state index is 11.2. The van der Waals surface area contributed by atoms with Gasteiger partial charge in [0.1, 0.15) is 11.9 Å². The van der Waals surface area contributed by atoms with E-state index in [9.17, 15) is 14.9 Å². The molecule has 7 nitrogen and oxygen atoms in total.